The molecule has 0 unspecified atom stereocenters. The summed E-state index contributed by atoms with van der Waals surface area (Å²) in [7, 11) is 0. The van der Waals surface area contributed by atoms with Crippen molar-refractivity contribution in [2.45, 2.75) is 39.0 Å². The van der Waals surface area contributed by atoms with Crippen LogP contribution >= 0.6 is 27.3 Å². The Hall–Kier alpha value is -2.25. The molecule has 1 amide bonds. The largest absolute Gasteiger partial charge is 0.362 e. The van der Waals surface area contributed by atoms with Crippen molar-refractivity contribution in [1.29, 1.82) is 0 Å². The maximum atomic E-state index is 13.3. The molecule has 2 aliphatic rings. The van der Waals surface area contributed by atoms with Gasteiger partial charge < -0.3 is 10.6 Å². The van der Waals surface area contributed by atoms with E-state index in [2.05, 4.69) is 31.5 Å². The van der Waals surface area contributed by atoms with Crippen LogP contribution in [0.3, 0.4) is 0 Å². The minimum atomic E-state index is -0.356. The van der Waals surface area contributed by atoms with E-state index in [1.54, 1.807) is 17.5 Å². The summed E-state index contributed by atoms with van der Waals surface area (Å²) in [5.41, 5.74) is 4.06. The van der Waals surface area contributed by atoms with E-state index >= 15 is 0 Å². The molecule has 2 aromatic rings. The molecular formula is C21H20BrN3O2S. The van der Waals surface area contributed by atoms with Gasteiger partial charge in [-0.05, 0) is 72.4 Å². The number of amides is 1. The molecule has 4 rings (SSSR count). The number of ketones is 1. The van der Waals surface area contributed by atoms with Crippen molar-refractivity contribution in [3.05, 3.63) is 67.2 Å². The first-order chi connectivity index (χ1) is 13.4. The number of thiophene rings is 1. The number of pyridine rings is 1. The molecule has 1 aliphatic heterocycles. The Labute approximate surface area is 176 Å². The number of carbonyl (C=O) groups is 2. The molecule has 2 aromatic heterocycles. The highest BCUT2D eigenvalue weighted by atomic mass is 79.9. The maximum Gasteiger partial charge on any atom is 0.255 e. The van der Waals surface area contributed by atoms with Crippen LogP contribution in [-0.2, 0) is 9.59 Å². The van der Waals surface area contributed by atoms with Crippen molar-refractivity contribution in [3.63, 3.8) is 0 Å². The number of aryl methyl sites for hydroxylation is 1. The molecule has 5 nitrogen and oxygen atoms in total. The highest BCUT2D eigenvalue weighted by Gasteiger charge is 2.39. The van der Waals surface area contributed by atoms with Crippen LogP contribution in [-0.4, -0.2) is 16.7 Å². The van der Waals surface area contributed by atoms with Gasteiger partial charge in [-0.3, -0.25) is 9.59 Å². The number of carbonyl (C=O) groups excluding carboxylic acids is 2. The molecule has 0 fully saturated rings. The second kappa shape index (κ2) is 7.64. The van der Waals surface area contributed by atoms with Crippen LogP contribution in [0.4, 0.5) is 5.82 Å². The van der Waals surface area contributed by atoms with Gasteiger partial charge in [0, 0.05) is 40.0 Å². The number of aromatic nitrogens is 1. The number of rotatable bonds is 3. The first-order valence-corrected chi connectivity index (χ1v) is 10.8. The van der Waals surface area contributed by atoms with Gasteiger partial charge in [-0.1, -0.05) is 0 Å². The van der Waals surface area contributed by atoms with Crippen molar-refractivity contribution >= 4 is 44.8 Å². The number of nitrogens with one attached hydrogen (secondary N) is 2. The van der Waals surface area contributed by atoms with Crippen molar-refractivity contribution in [2.24, 2.45) is 0 Å². The third-order valence-corrected chi connectivity index (χ3v) is 6.74. The topological polar surface area (TPSA) is 71.1 Å². The standard InChI is InChI=1S/C21H20BrN3O2S/c1-11-8-9-23-17(10-11)25-21(27)18-12(2)24-13-4-3-5-14(26)19(13)20(18)15-6-7-16(22)28-15/h6-10,20,24H,3-5H2,1-2H3,(H,23,25,27)/t20-/m0/s1. The molecule has 0 saturated heterocycles. The fourth-order valence-electron chi connectivity index (χ4n) is 3.84. The zero-order valence-electron chi connectivity index (χ0n) is 15.6. The molecule has 2 N–H and O–H groups in total. The van der Waals surface area contributed by atoms with Gasteiger partial charge in [0.1, 0.15) is 5.82 Å². The third-order valence-electron chi connectivity index (χ3n) is 5.06. The molecule has 0 aromatic carbocycles. The fourth-order valence-corrected chi connectivity index (χ4v) is 5.38. The highest BCUT2D eigenvalue weighted by molar-refractivity contribution is 9.11. The van der Waals surface area contributed by atoms with Crippen LogP contribution in [0.25, 0.3) is 0 Å². The van der Waals surface area contributed by atoms with E-state index < -0.39 is 0 Å². The highest BCUT2D eigenvalue weighted by Crippen LogP contribution is 2.45. The van der Waals surface area contributed by atoms with Gasteiger partial charge in [0.2, 0.25) is 0 Å². The van der Waals surface area contributed by atoms with Crippen LogP contribution < -0.4 is 10.6 Å². The molecule has 0 radical (unpaired) electrons. The van der Waals surface area contributed by atoms with Crippen molar-refractivity contribution in [1.82, 2.24) is 10.3 Å². The minimum absolute atomic E-state index is 0.120. The lowest BCUT2D eigenvalue weighted by molar-refractivity contribution is -0.116. The van der Waals surface area contributed by atoms with Crippen LogP contribution in [0.2, 0.25) is 0 Å². The van der Waals surface area contributed by atoms with E-state index in [4.69, 9.17) is 0 Å². The predicted molar refractivity (Wildman–Crippen MR) is 114 cm³/mol. The van der Waals surface area contributed by atoms with Crippen LogP contribution in [0, 0.1) is 6.92 Å². The average Bonchev–Trinajstić information content (AvgIpc) is 3.06. The summed E-state index contributed by atoms with van der Waals surface area (Å²) < 4.78 is 0.976. The summed E-state index contributed by atoms with van der Waals surface area (Å²) in [6, 6.07) is 7.66. The van der Waals surface area contributed by atoms with E-state index in [1.165, 1.54) is 0 Å². The summed E-state index contributed by atoms with van der Waals surface area (Å²) in [5.74, 6) is 0.0358. The Morgan fingerprint density at radius 2 is 2.11 bits per heavy atom. The Morgan fingerprint density at radius 1 is 1.29 bits per heavy atom. The molecule has 28 heavy (non-hydrogen) atoms. The summed E-state index contributed by atoms with van der Waals surface area (Å²) in [6.07, 6.45) is 3.87. The Morgan fingerprint density at radius 3 is 2.82 bits per heavy atom. The lowest BCUT2D eigenvalue weighted by Crippen LogP contribution is -2.35. The zero-order chi connectivity index (χ0) is 19.8. The molecule has 3 heterocycles. The normalized spacial score (nSPS) is 19.4. The van der Waals surface area contributed by atoms with E-state index in [0.29, 0.717) is 17.8 Å². The summed E-state index contributed by atoms with van der Waals surface area (Å²) in [6.45, 7) is 3.85. The van der Waals surface area contributed by atoms with Gasteiger partial charge in [-0.2, -0.15) is 0 Å². The lowest BCUT2D eigenvalue weighted by atomic mass is 9.77. The third kappa shape index (κ3) is 3.56. The minimum Gasteiger partial charge on any atom is -0.362 e. The summed E-state index contributed by atoms with van der Waals surface area (Å²) in [4.78, 5) is 31.3. The fraction of sp³-hybridized carbons (Fsp3) is 0.286. The van der Waals surface area contributed by atoms with Gasteiger partial charge in [-0.25, -0.2) is 4.98 Å². The van der Waals surface area contributed by atoms with Crippen molar-refractivity contribution in [2.75, 3.05) is 5.32 Å². The summed E-state index contributed by atoms with van der Waals surface area (Å²) in [5, 5.41) is 6.24. The average molecular weight is 458 g/mol. The molecule has 0 saturated carbocycles. The first-order valence-electron chi connectivity index (χ1n) is 9.17. The quantitative estimate of drug-likeness (QED) is 0.692. The SMILES string of the molecule is CC1=C(C(=O)Nc2cc(C)ccn2)[C@H](c2ccc(Br)s2)C2=C(CCCC2=O)N1. The van der Waals surface area contributed by atoms with E-state index in [9.17, 15) is 9.59 Å². The van der Waals surface area contributed by atoms with Crippen LogP contribution in [0.15, 0.2) is 56.8 Å². The molecule has 1 aliphatic carbocycles. The Balaban J connectivity index is 1.77. The van der Waals surface area contributed by atoms with Crippen LogP contribution in [0.1, 0.15) is 42.5 Å². The van der Waals surface area contributed by atoms with Crippen molar-refractivity contribution < 1.29 is 9.59 Å². The molecule has 0 spiro atoms. The Kier molecular flexibility index (Phi) is 5.21. The number of hydrogen-bond acceptors (Lipinski definition) is 5. The van der Waals surface area contributed by atoms with E-state index in [1.807, 2.05) is 38.1 Å². The van der Waals surface area contributed by atoms with Gasteiger partial charge in [0.15, 0.2) is 5.78 Å². The number of Topliss-reactive ketones (excluding diaryl/α,β-unsaturated/α-hetero) is 1. The van der Waals surface area contributed by atoms with Gasteiger partial charge >= 0.3 is 0 Å². The predicted octanol–water partition coefficient (Wildman–Crippen LogP) is 4.82. The molecule has 7 heteroatoms. The van der Waals surface area contributed by atoms with Gasteiger partial charge in [-0.15, -0.1) is 11.3 Å². The number of nitrogens with zero attached hydrogens (tertiary/aromatic N) is 1. The molecular weight excluding hydrogens is 438 g/mol. The number of allylic oxidation sites excluding steroid dienone is 3. The van der Waals surface area contributed by atoms with Crippen LogP contribution in [0.5, 0.6) is 0 Å². The van der Waals surface area contributed by atoms with E-state index in [0.717, 1.165) is 44.0 Å². The summed E-state index contributed by atoms with van der Waals surface area (Å²) >= 11 is 5.07. The second-order valence-corrected chi connectivity index (χ2v) is 9.57. The molecule has 144 valence electrons. The monoisotopic (exact) mass is 457 g/mol. The smallest absolute Gasteiger partial charge is 0.255 e. The lowest BCUT2D eigenvalue weighted by Gasteiger charge is -2.33. The number of halogens is 1. The van der Waals surface area contributed by atoms with Gasteiger partial charge in [0.05, 0.1) is 9.70 Å². The van der Waals surface area contributed by atoms with Gasteiger partial charge in [0.25, 0.3) is 5.91 Å². The van der Waals surface area contributed by atoms with E-state index in [-0.39, 0.29) is 17.6 Å². The first kappa shape index (κ1) is 19.1. The Bertz CT molecular complexity index is 1040. The number of dihydropyridines is 1. The number of hydrogen-bond donors (Lipinski definition) is 2. The molecule has 1 atom stereocenters. The molecule has 0 bridgehead atoms. The van der Waals surface area contributed by atoms with Crippen molar-refractivity contribution in [3.8, 4) is 0 Å². The number of anilines is 1. The second-order valence-electron chi connectivity index (χ2n) is 7.08. The maximum absolute atomic E-state index is 13.3. The zero-order valence-corrected chi connectivity index (χ0v) is 18.0.